The monoisotopic (exact) mass is 292 g/mol. The van der Waals surface area contributed by atoms with Crippen LogP contribution >= 0.6 is 0 Å². The lowest BCUT2D eigenvalue weighted by atomic mass is 9.93. The molecule has 1 aromatic carbocycles. The molecule has 2 aliphatic rings. The molecular formula is C15H20N2O4. The van der Waals surface area contributed by atoms with Crippen LogP contribution in [0.15, 0.2) is 12.1 Å². The van der Waals surface area contributed by atoms with Crippen LogP contribution in [0.1, 0.15) is 17.2 Å². The van der Waals surface area contributed by atoms with E-state index in [0.717, 1.165) is 11.1 Å². The maximum Gasteiger partial charge on any atom is 0.228 e. The number of hydrogen-bond acceptors (Lipinski definition) is 5. The van der Waals surface area contributed by atoms with Gasteiger partial charge in [-0.2, -0.15) is 0 Å². The van der Waals surface area contributed by atoms with E-state index in [1.54, 1.807) is 25.2 Å². The van der Waals surface area contributed by atoms with Crippen molar-refractivity contribution in [3.63, 3.8) is 0 Å². The Morgan fingerprint density at radius 3 is 2.52 bits per heavy atom. The van der Waals surface area contributed by atoms with Crippen LogP contribution in [0, 0.1) is 5.92 Å². The average Bonchev–Trinajstić information content (AvgIpc) is 2.44. The van der Waals surface area contributed by atoms with Crippen LogP contribution in [0.3, 0.4) is 0 Å². The van der Waals surface area contributed by atoms with Gasteiger partial charge in [0.25, 0.3) is 0 Å². The van der Waals surface area contributed by atoms with E-state index in [4.69, 9.17) is 9.47 Å². The van der Waals surface area contributed by atoms with Crippen LogP contribution in [-0.4, -0.2) is 49.8 Å². The summed E-state index contributed by atoms with van der Waals surface area (Å²) in [6, 6.07) is 3.59. The molecular weight excluding hydrogens is 272 g/mol. The highest BCUT2D eigenvalue weighted by Gasteiger charge is 2.36. The van der Waals surface area contributed by atoms with E-state index < -0.39 is 6.10 Å². The van der Waals surface area contributed by atoms with Crippen molar-refractivity contribution >= 4 is 5.91 Å². The maximum atomic E-state index is 12.4. The number of hydrogen-bond donors (Lipinski definition) is 2. The number of nitrogens with one attached hydrogen (secondary N) is 1. The van der Waals surface area contributed by atoms with Crippen LogP contribution < -0.4 is 14.8 Å². The second-order valence-electron chi connectivity index (χ2n) is 5.45. The third-order valence-electron chi connectivity index (χ3n) is 4.23. The van der Waals surface area contributed by atoms with Gasteiger partial charge >= 0.3 is 0 Å². The average molecular weight is 292 g/mol. The Hall–Kier alpha value is -1.79. The van der Waals surface area contributed by atoms with Crippen molar-refractivity contribution in [3.05, 3.63) is 23.3 Å². The molecule has 1 fully saturated rings. The quantitative estimate of drug-likeness (QED) is 0.838. The van der Waals surface area contributed by atoms with Gasteiger partial charge in [0, 0.05) is 30.8 Å². The maximum absolute atomic E-state index is 12.4. The molecule has 6 heteroatoms. The fourth-order valence-corrected chi connectivity index (χ4v) is 2.97. The first-order chi connectivity index (χ1) is 10.2. The molecule has 1 aromatic rings. The topological polar surface area (TPSA) is 71.0 Å². The summed E-state index contributed by atoms with van der Waals surface area (Å²) in [7, 11) is 3.16. The number of nitrogens with zero attached hydrogens (tertiary/aromatic N) is 1. The van der Waals surface area contributed by atoms with Crippen molar-refractivity contribution in [2.75, 3.05) is 33.9 Å². The molecule has 1 amide bonds. The molecule has 0 saturated carbocycles. The minimum atomic E-state index is -0.754. The molecule has 0 spiro atoms. The van der Waals surface area contributed by atoms with Gasteiger partial charge in [0.05, 0.1) is 26.7 Å². The van der Waals surface area contributed by atoms with Crippen LogP contribution in [0.4, 0.5) is 0 Å². The number of carbonyl (C=O) groups is 1. The summed E-state index contributed by atoms with van der Waals surface area (Å²) in [6.45, 7) is 2.18. The van der Waals surface area contributed by atoms with Gasteiger partial charge in [-0.25, -0.2) is 0 Å². The Morgan fingerprint density at radius 1 is 1.29 bits per heavy atom. The Balaban J connectivity index is 1.94. The summed E-state index contributed by atoms with van der Waals surface area (Å²) in [6.07, 6.45) is -0.754. The number of aliphatic hydroxyl groups is 1. The minimum absolute atomic E-state index is 0.0235. The summed E-state index contributed by atoms with van der Waals surface area (Å²) in [4.78, 5) is 14.1. The number of ether oxygens (including phenoxy) is 2. The molecule has 0 aromatic heterocycles. The summed E-state index contributed by atoms with van der Waals surface area (Å²) in [5.74, 6) is 1.42. The normalized spacial score (nSPS) is 21.5. The van der Waals surface area contributed by atoms with Gasteiger partial charge in [-0.15, -0.1) is 0 Å². The van der Waals surface area contributed by atoms with Gasteiger partial charge in [0.15, 0.2) is 0 Å². The van der Waals surface area contributed by atoms with E-state index in [1.807, 2.05) is 6.07 Å². The van der Waals surface area contributed by atoms with Crippen LogP contribution in [0.25, 0.3) is 0 Å². The fraction of sp³-hybridized carbons (Fsp3) is 0.533. The van der Waals surface area contributed by atoms with Gasteiger partial charge in [0.1, 0.15) is 17.6 Å². The summed E-state index contributed by atoms with van der Waals surface area (Å²) >= 11 is 0. The zero-order valence-electron chi connectivity index (χ0n) is 12.3. The molecule has 114 valence electrons. The molecule has 1 saturated heterocycles. The number of β-amino-alcohol motifs (C(OH)–C–C–N with tert-alkyl or cyclic N) is 1. The highest BCUT2D eigenvalue weighted by molar-refractivity contribution is 5.80. The van der Waals surface area contributed by atoms with Crippen molar-refractivity contribution in [1.82, 2.24) is 10.2 Å². The van der Waals surface area contributed by atoms with Crippen LogP contribution in [0.2, 0.25) is 0 Å². The molecule has 6 nitrogen and oxygen atoms in total. The second-order valence-corrected chi connectivity index (χ2v) is 5.45. The number of methoxy groups -OCH3 is 2. The van der Waals surface area contributed by atoms with Crippen LogP contribution in [0.5, 0.6) is 11.5 Å². The Bertz CT molecular complexity index is 557. The smallest absolute Gasteiger partial charge is 0.228 e. The first-order valence-electron chi connectivity index (χ1n) is 7.07. The van der Waals surface area contributed by atoms with E-state index in [0.29, 0.717) is 37.7 Å². The molecule has 0 bridgehead atoms. The summed E-state index contributed by atoms with van der Waals surface area (Å²) in [5, 5.41) is 13.5. The van der Waals surface area contributed by atoms with Gasteiger partial charge < -0.3 is 24.8 Å². The van der Waals surface area contributed by atoms with E-state index >= 15 is 0 Å². The molecule has 21 heavy (non-hydrogen) atoms. The first-order valence-corrected chi connectivity index (χ1v) is 7.07. The Labute approximate surface area is 123 Å². The molecule has 2 heterocycles. The van der Waals surface area contributed by atoms with Crippen molar-refractivity contribution in [2.45, 2.75) is 12.6 Å². The lowest BCUT2D eigenvalue weighted by Gasteiger charge is -2.38. The third kappa shape index (κ3) is 2.34. The summed E-state index contributed by atoms with van der Waals surface area (Å²) in [5.41, 5.74) is 1.56. The Morgan fingerprint density at radius 2 is 1.95 bits per heavy atom. The van der Waals surface area contributed by atoms with Crippen LogP contribution in [-0.2, 0) is 11.3 Å². The SMILES string of the molecule is COc1ccc(OC)c2c1CN(C(=O)C1CNC1)CC2O. The third-order valence-corrected chi connectivity index (χ3v) is 4.23. The zero-order chi connectivity index (χ0) is 15.0. The van der Waals surface area contributed by atoms with E-state index in [2.05, 4.69) is 5.32 Å². The highest BCUT2D eigenvalue weighted by atomic mass is 16.5. The van der Waals surface area contributed by atoms with Gasteiger partial charge in [-0.3, -0.25) is 4.79 Å². The molecule has 3 rings (SSSR count). The van der Waals surface area contributed by atoms with E-state index in [-0.39, 0.29) is 11.8 Å². The predicted octanol–water partition coefficient (Wildman–Crippen LogP) is 0.299. The van der Waals surface area contributed by atoms with Crippen molar-refractivity contribution in [3.8, 4) is 11.5 Å². The molecule has 0 radical (unpaired) electrons. The van der Waals surface area contributed by atoms with Crippen molar-refractivity contribution in [1.29, 1.82) is 0 Å². The Kier molecular flexibility index (Phi) is 3.73. The number of aliphatic hydroxyl groups excluding tert-OH is 1. The molecule has 2 N–H and O–H groups in total. The lowest BCUT2D eigenvalue weighted by molar-refractivity contribution is -0.140. The minimum Gasteiger partial charge on any atom is -0.496 e. The largest absolute Gasteiger partial charge is 0.496 e. The number of fused-ring (bicyclic) bond motifs is 1. The van der Waals surface area contributed by atoms with Crippen molar-refractivity contribution < 1.29 is 19.4 Å². The number of amides is 1. The first kappa shape index (κ1) is 14.2. The van der Waals surface area contributed by atoms with E-state index in [1.165, 1.54) is 0 Å². The van der Waals surface area contributed by atoms with Crippen molar-refractivity contribution in [2.24, 2.45) is 5.92 Å². The molecule has 0 aliphatic carbocycles. The number of benzene rings is 1. The molecule has 1 unspecified atom stereocenters. The molecule has 2 aliphatic heterocycles. The van der Waals surface area contributed by atoms with Gasteiger partial charge in [0.2, 0.25) is 5.91 Å². The van der Waals surface area contributed by atoms with Gasteiger partial charge in [-0.05, 0) is 12.1 Å². The number of carbonyl (C=O) groups excluding carboxylic acids is 1. The molecule has 1 atom stereocenters. The zero-order valence-corrected chi connectivity index (χ0v) is 12.3. The highest BCUT2D eigenvalue weighted by Crippen LogP contribution is 2.39. The van der Waals surface area contributed by atoms with Gasteiger partial charge in [-0.1, -0.05) is 0 Å². The lowest BCUT2D eigenvalue weighted by Crippen LogP contribution is -2.53. The number of rotatable bonds is 3. The summed E-state index contributed by atoms with van der Waals surface area (Å²) < 4.78 is 10.7. The second kappa shape index (κ2) is 5.54. The standard InChI is InChI=1S/C15H20N2O4/c1-20-12-3-4-13(21-2)14-10(12)7-17(8-11(14)18)15(19)9-5-16-6-9/h3-4,9,11,16,18H,5-8H2,1-2H3. The predicted molar refractivity (Wildman–Crippen MR) is 76.3 cm³/mol. The fourth-order valence-electron chi connectivity index (χ4n) is 2.97. The van der Waals surface area contributed by atoms with E-state index in [9.17, 15) is 9.90 Å².